The van der Waals surface area contributed by atoms with Crippen LogP contribution in [-0.2, 0) is 14.8 Å². The number of carbonyl (C=O) groups excluding carboxylic acids is 1. The van der Waals surface area contributed by atoms with Crippen molar-refractivity contribution in [2.24, 2.45) is 5.73 Å². The van der Waals surface area contributed by atoms with Gasteiger partial charge in [0.2, 0.25) is 15.9 Å². The van der Waals surface area contributed by atoms with Crippen molar-refractivity contribution in [1.29, 1.82) is 0 Å². The van der Waals surface area contributed by atoms with Crippen LogP contribution < -0.4 is 10.0 Å². The molecule has 0 saturated heterocycles. The van der Waals surface area contributed by atoms with Gasteiger partial charge < -0.3 is 5.73 Å². The first-order valence-corrected chi connectivity index (χ1v) is 7.35. The third-order valence-corrected chi connectivity index (χ3v) is 3.82. The van der Waals surface area contributed by atoms with E-state index in [4.69, 9.17) is 5.73 Å². The summed E-state index contributed by atoms with van der Waals surface area (Å²) in [6.45, 7) is 5.21. The summed E-state index contributed by atoms with van der Waals surface area (Å²) in [7, 11) is -3.56. The van der Waals surface area contributed by atoms with Gasteiger partial charge in [0, 0.05) is 0 Å². The van der Waals surface area contributed by atoms with Crippen molar-refractivity contribution in [2.75, 3.05) is 10.6 Å². The Hall–Kier alpha value is -1.56. The number of carbonyl (C=O) groups is 1. The molecule has 1 aromatic rings. The Labute approximate surface area is 108 Å². The first kappa shape index (κ1) is 14.5. The molecule has 0 aliphatic rings. The Kier molecular flexibility index (Phi) is 4.01. The van der Waals surface area contributed by atoms with Crippen LogP contribution in [0.5, 0.6) is 0 Å². The second-order valence-corrected chi connectivity index (χ2v) is 6.34. The summed E-state index contributed by atoms with van der Waals surface area (Å²) in [4.78, 5) is 11.2. The molecule has 0 saturated carbocycles. The predicted octanol–water partition coefficient (Wildman–Crippen LogP) is 0.943. The van der Waals surface area contributed by atoms with E-state index >= 15 is 0 Å². The average Bonchev–Trinajstić information content (AvgIpc) is 2.13. The summed E-state index contributed by atoms with van der Waals surface area (Å²) in [6.07, 6.45) is 1.06. The quantitative estimate of drug-likeness (QED) is 0.884. The fourth-order valence-electron chi connectivity index (χ4n) is 1.90. The van der Waals surface area contributed by atoms with E-state index < -0.39 is 22.0 Å². The molecule has 0 heterocycles. The van der Waals surface area contributed by atoms with Gasteiger partial charge in [-0.05, 0) is 44.0 Å². The van der Waals surface area contributed by atoms with Crippen LogP contribution in [0.3, 0.4) is 0 Å². The maximum absolute atomic E-state index is 11.8. The monoisotopic (exact) mass is 270 g/mol. The number of nitrogens with two attached hydrogens (primary N) is 1. The van der Waals surface area contributed by atoms with Gasteiger partial charge in [-0.15, -0.1) is 0 Å². The molecule has 2 N–H and O–H groups in total. The van der Waals surface area contributed by atoms with Gasteiger partial charge in [-0.3, -0.25) is 9.10 Å². The number of amides is 1. The second-order valence-electron chi connectivity index (χ2n) is 4.48. The normalized spacial score (nSPS) is 13.1. The number of nitrogens with zero attached hydrogens (tertiary/aromatic N) is 1. The summed E-state index contributed by atoms with van der Waals surface area (Å²) in [5, 5.41) is 0. The number of hydrogen-bond donors (Lipinski definition) is 1. The summed E-state index contributed by atoms with van der Waals surface area (Å²) in [5.74, 6) is -0.681. The van der Waals surface area contributed by atoms with Gasteiger partial charge in [-0.2, -0.15) is 0 Å². The molecule has 1 amide bonds. The van der Waals surface area contributed by atoms with Gasteiger partial charge in [-0.1, -0.05) is 6.07 Å². The predicted molar refractivity (Wildman–Crippen MR) is 71.9 cm³/mol. The van der Waals surface area contributed by atoms with Crippen molar-refractivity contribution >= 4 is 21.6 Å². The fraction of sp³-hybridized carbons (Fsp3) is 0.417. The van der Waals surface area contributed by atoms with Crippen molar-refractivity contribution in [3.8, 4) is 0 Å². The molecule has 0 aliphatic heterocycles. The van der Waals surface area contributed by atoms with Gasteiger partial charge in [0.25, 0.3) is 0 Å². The molecule has 18 heavy (non-hydrogen) atoms. The number of sulfonamides is 1. The van der Waals surface area contributed by atoms with Crippen LogP contribution in [0, 0.1) is 13.8 Å². The topological polar surface area (TPSA) is 80.5 Å². The molecule has 0 aliphatic carbocycles. The molecule has 0 radical (unpaired) electrons. The molecule has 5 nitrogen and oxygen atoms in total. The molecule has 100 valence electrons. The maximum atomic E-state index is 11.8. The van der Waals surface area contributed by atoms with Crippen LogP contribution in [0.25, 0.3) is 0 Å². The second kappa shape index (κ2) is 4.97. The Morgan fingerprint density at radius 3 is 2.00 bits per heavy atom. The molecule has 0 unspecified atom stereocenters. The minimum Gasteiger partial charge on any atom is -0.368 e. The molecule has 0 spiro atoms. The van der Waals surface area contributed by atoms with E-state index in [0.29, 0.717) is 5.69 Å². The van der Waals surface area contributed by atoms with Crippen molar-refractivity contribution < 1.29 is 13.2 Å². The van der Waals surface area contributed by atoms with Gasteiger partial charge in [0.1, 0.15) is 6.04 Å². The summed E-state index contributed by atoms with van der Waals surface area (Å²) in [6, 6.07) is 4.45. The summed E-state index contributed by atoms with van der Waals surface area (Å²) < 4.78 is 24.7. The van der Waals surface area contributed by atoms with Crippen LogP contribution in [0.2, 0.25) is 0 Å². The molecule has 0 bridgehead atoms. The number of anilines is 1. The highest BCUT2D eigenvalue weighted by Gasteiger charge is 2.27. The minimum absolute atomic E-state index is 0.460. The first-order valence-electron chi connectivity index (χ1n) is 5.50. The average molecular weight is 270 g/mol. The highest BCUT2D eigenvalue weighted by molar-refractivity contribution is 7.92. The molecule has 1 atom stereocenters. The zero-order chi connectivity index (χ0) is 14.1. The highest BCUT2D eigenvalue weighted by atomic mass is 32.2. The van der Waals surface area contributed by atoms with Gasteiger partial charge in [-0.25, -0.2) is 8.42 Å². The van der Waals surface area contributed by atoms with E-state index in [9.17, 15) is 13.2 Å². The maximum Gasteiger partial charge on any atom is 0.241 e. The van der Waals surface area contributed by atoms with E-state index in [1.165, 1.54) is 6.92 Å². The number of hydrogen-bond acceptors (Lipinski definition) is 3. The Balaban J connectivity index is 3.40. The van der Waals surface area contributed by atoms with E-state index in [1.54, 1.807) is 12.1 Å². The number of primary amides is 1. The fourth-order valence-corrected chi connectivity index (χ4v) is 3.06. The van der Waals surface area contributed by atoms with E-state index in [1.807, 2.05) is 19.9 Å². The van der Waals surface area contributed by atoms with Crippen LogP contribution in [0.1, 0.15) is 18.1 Å². The molecule has 6 heteroatoms. The van der Waals surface area contributed by atoms with Gasteiger partial charge in [0.15, 0.2) is 0 Å². The number of rotatable bonds is 4. The van der Waals surface area contributed by atoms with E-state index in [-0.39, 0.29) is 0 Å². The van der Waals surface area contributed by atoms with Crippen LogP contribution >= 0.6 is 0 Å². The van der Waals surface area contributed by atoms with Crippen LogP contribution in [0.4, 0.5) is 5.69 Å². The lowest BCUT2D eigenvalue weighted by atomic mass is 10.1. The van der Waals surface area contributed by atoms with Crippen LogP contribution in [-0.4, -0.2) is 26.6 Å². The molecule has 0 fully saturated rings. The number of benzene rings is 1. The number of aryl methyl sites for hydroxylation is 2. The third kappa shape index (κ3) is 3.22. The molecule has 0 aromatic heterocycles. The lowest BCUT2D eigenvalue weighted by molar-refractivity contribution is -0.118. The smallest absolute Gasteiger partial charge is 0.241 e. The largest absolute Gasteiger partial charge is 0.368 e. The molecule has 1 aromatic carbocycles. The van der Waals surface area contributed by atoms with Crippen molar-refractivity contribution in [3.63, 3.8) is 0 Å². The lowest BCUT2D eigenvalue weighted by Crippen LogP contribution is -2.45. The van der Waals surface area contributed by atoms with Crippen molar-refractivity contribution in [2.45, 2.75) is 26.8 Å². The zero-order valence-corrected chi connectivity index (χ0v) is 11.8. The Morgan fingerprint density at radius 2 is 1.67 bits per heavy atom. The molecular formula is C12H18N2O3S. The standard InChI is InChI=1S/C12H18N2O3S/c1-8-5-9(2)7-11(6-8)14(18(4,16)17)10(3)12(13)15/h5-7,10H,1-4H3,(H2,13,15)/t10-/m0/s1. The Morgan fingerprint density at radius 1 is 1.22 bits per heavy atom. The molecule has 1 rings (SSSR count). The van der Waals surface area contributed by atoms with Crippen molar-refractivity contribution in [3.05, 3.63) is 29.3 Å². The minimum atomic E-state index is -3.56. The highest BCUT2D eigenvalue weighted by Crippen LogP contribution is 2.23. The third-order valence-electron chi connectivity index (χ3n) is 2.58. The van der Waals surface area contributed by atoms with Crippen LogP contribution in [0.15, 0.2) is 18.2 Å². The van der Waals surface area contributed by atoms with Crippen molar-refractivity contribution in [1.82, 2.24) is 0 Å². The Bertz CT molecular complexity index is 546. The van der Waals surface area contributed by atoms with Gasteiger partial charge >= 0.3 is 0 Å². The summed E-state index contributed by atoms with van der Waals surface area (Å²) >= 11 is 0. The van der Waals surface area contributed by atoms with E-state index in [0.717, 1.165) is 21.7 Å². The first-order chi connectivity index (χ1) is 8.12. The van der Waals surface area contributed by atoms with Gasteiger partial charge in [0.05, 0.1) is 11.9 Å². The summed E-state index contributed by atoms with van der Waals surface area (Å²) in [5.41, 5.74) is 7.51. The molecular weight excluding hydrogens is 252 g/mol. The SMILES string of the molecule is Cc1cc(C)cc(N([C@@H](C)C(N)=O)S(C)(=O)=O)c1. The van der Waals surface area contributed by atoms with E-state index in [2.05, 4.69) is 0 Å². The zero-order valence-electron chi connectivity index (χ0n) is 11.0. The lowest BCUT2D eigenvalue weighted by Gasteiger charge is -2.27.